The van der Waals surface area contributed by atoms with Gasteiger partial charge in [-0.15, -0.1) is 0 Å². The van der Waals surface area contributed by atoms with Crippen LogP contribution in [0.25, 0.3) is 0 Å². The number of fused-ring (bicyclic) bond motifs is 1. The molecule has 0 saturated carbocycles. The minimum Gasteiger partial charge on any atom is -0.390 e. The molecule has 1 aliphatic rings. The first kappa shape index (κ1) is 8.13. The summed E-state index contributed by atoms with van der Waals surface area (Å²) in [4.78, 5) is 0. The minimum atomic E-state index is 0.111. The molecule has 1 aromatic rings. The van der Waals surface area contributed by atoms with Crippen molar-refractivity contribution in [3.63, 3.8) is 0 Å². The maximum absolute atomic E-state index is 9.09. The van der Waals surface area contributed by atoms with E-state index in [1.165, 1.54) is 11.3 Å². The molecule has 2 heterocycles. The zero-order valence-corrected chi connectivity index (χ0v) is 7.89. The van der Waals surface area contributed by atoms with Crippen molar-refractivity contribution >= 4 is 11.8 Å². The molecule has 0 amide bonds. The molecular weight excluding hydrogens is 172 g/mol. The van der Waals surface area contributed by atoms with Gasteiger partial charge in [-0.3, -0.25) is 4.68 Å². The first-order chi connectivity index (χ1) is 5.83. The predicted molar refractivity (Wildman–Crippen MR) is 49.0 cm³/mol. The Balaban J connectivity index is 2.46. The average molecular weight is 184 g/mol. The summed E-state index contributed by atoms with van der Waals surface area (Å²) in [6.07, 6.45) is 1.05. The van der Waals surface area contributed by atoms with Gasteiger partial charge in [-0.25, -0.2) is 0 Å². The van der Waals surface area contributed by atoms with Gasteiger partial charge in [-0.05, 0) is 5.75 Å². The molecule has 3 nitrogen and oxygen atoms in total. The van der Waals surface area contributed by atoms with Crippen molar-refractivity contribution in [2.45, 2.75) is 18.8 Å². The predicted octanol–water partition coefficient (Wildman–Crippen LogP) is 0.702. The second kappa shape index (κ2) is 3.11. The van der Waals surface area contributed by atoms with Crippen molar-refractivity contribution in [1.29, 1.82) is 0 Å². The van der Waals surface area contributed by atoms with Gasteiger partial charge >= 0.3 is 0 Å². The number of aryl methyl sites for hydroxylation is 2. The summed E-state index contributed by atoms with van der Waals surface area (Å²) in [7, 11) is 1.90. The molecule has 0 aromatic carbocycles. The van der Waals surface area contributed by atoms with E-state index < -0.39 is 0 Å². The van der Waals surface area contributed by atoms with Crippen LogP contribution in [0.5, 0.6) is 0 Å². The lowest BCUT2D eigenvalue weighted by atomic mass is 10.1. The quantitative estimate of drug-likeness (QED) is 0.698. The molecule has 4 heteroatoms. The Hall–Kier alpha value is -0.480. The molecule has 1 N–H and O–H groups in total. The summed E-state index contributed by atoms with van der Waals surface area (Å²) in [6.45, 7) is 0.111. The molecule has 0 unspecified atom stereocenters. The van der Waals surface area contributed by atoms with E-state index in [0.29, 0.717) is 0 Å². The molecule has 0 atom stereocenters. The van der Waals surface area contributed by atoms with Gasteiger partial charge in [-0.2, -0.15) is 16.9 Å². The summed E-state index contributed by atoms with van der Waals surface area (Å²) in [5, 5.41) is 13.5. The number of aliphatic hydroxyl groups is 1. The number of aliphatic hydroxyl groups excluding tert-OH is 1. The van der Waals surface area contributed by atoms with Crippen LogP contribution in [0.3, 0.4) is 0 Å². The maximum atomic E-state index is 9.09. The van der Waals surface area contributed by atoms with Crippen LogP contribution in [0.15, 0.2) is 0 Å². The van der Waals surface area contributed by atoms with E-state index in [-0.39, 0.29) is 6.61 Å². The third-order valence-electron chi connectivity index (χ3n) is 2.24. The van der Waals surface area contributed by atoms with Crippen LogP contribution < -0.4 is 0 Å². The highest BCUT2D eigenvalue weighted by atomic mass is 32.2. The second-order valence-corrected chi connectivity index (χ2v) is 4.06. The molecule has 66 valence electrons. The molecule has 0 saturated heterocycles. The molecule has 1 aliphatic heterocycles. The summed E-state index contributed by atoms with van der Waals surface area (Å²) < 4.78 is 1.80. The molecule has 1 aromatic heterocycles. The van der Waals surface area contributed by atoms with E-state index in [1.54, 1.807) is 4.68 Å². The van der Waals surface area contributed by atoms with Gasteiger partial charge in [0.25, 0.3) is 0 Å². The van der Waals surface area contributed by atoms with Gasteiger partial charge < -0.3 is 5.11 Å². The maximum Gasteiger partial charge on any atom is 0.0852 e. The van der Waals surface area contributed by atoms with Gasteiger partial charge in [0.15, 0.2) is 0 Å². The number of rotatable bonds is 1. The van der Waals surface area contributed by atoms with Crippen molar-refractivity contribution in [1.82, 2.24) is 9.78 Å². The highest BCUT2D eigenvalue weighted by molar-refractivity contribution is 7.98. The van der Waals surface area contributed by atoms with E-state index >= 15 is 0 Å². The van der Waals surface area contributed by atoms with Crippen molar-refractivity contribution < 1.29 is 5.11 Å². The Kier molecular flexibility index (Phi) is 2.11. The fourth-order valence-electron chi connectivity index (χ4n) is 1.57. The summed E-state index contributed by atoms with van der Waals surface area (Å²) in [5.41, 5.74) is 3.42. The number of aromatic nitrogens is 2. The van der Waals surface area contributed by atoms with Gasteiger partial charge in [0, 0.05) is 24.8 Å². The van der Waals surface area contributed by atoms with Crippen LogP contribution in [0.1, 0.15) is 17.0 Å². The number of hydrogen-bond donors (Lipinski definition) is 1. The van der Waals surface area contributed by atoms with E-state index in [4.69, 9.17) is 5.11 Å². The lowest BCUT2D eigenvalue weighted by molar-refractivity contribution is 0.269. The smallest absolute Gasteiger partial charge is 0.0852 e. The zero-order valence-electron chi connectivity index (χ0n) is 7.08. The van der Waals surface area contributed by atoms with Crippen molar-refractivity contribution in [2.75, 3.05) is 5.75 Å². The normalized spacial score (nSPS) is 16.2. The van der Waals surface area contributed by atoms with Gasteiger partial charge in [0.2, 0.25) is 0 Å². The van der Waals surface area contributed by atoms with Crippen LogP contribution in [0.4, 0.5) is 0 Å². The minimum absolute atomic E-state index is 0.111. The number of nitrogens with zero attached hydrogens (tertiary/aromatic N) is 2. The molecule has 0 fully saturated rings. The Labute approximate surface area is 75.8 Å². The highest BCUT2D eigenvalue weighted by Crippen LogP contribution is 2.26. The lowest BCUT2D eigenvalue weighted by Gasteiger charge is -2.09. The van der Waals surface area contributed by atoms with Crippen LogP contribution in [-0.2, 0) is 25.8 Å². The molecular formula is C8H12N2OS. The van der Waals surface area contributed by atoms with E-state index in [9.17, 15) is 0 Å². The number of hydrogen-bond acceptors (Lipinski definition) is 3. The molecule has 2 rings (SSSR count). The summed E-state index contributed by atoms with van der Waals surface area (Å²) in [6, 6.07) is 0. The van der Waals surface area contributed by atoms with Crippen molar-refractivity contribution in [3.8, 4) is 0 Å². The zero-order chi connectivity index (χ0) is 8.55. The monoisotopic (exact) mass is 184 g/mol. The third-order valence-corrected chi connectivity index (χ3v) is 3.22. The fraction of sp³-hybridized carbons (Fsp3) is 0.625. The van der Waals surface area contributed by atoms with Crippen molar-refractivity contribution in [3.05, 3.63) is 17.0 Å². The molecule has 0 spiro atoms. The van der Waals surface area contributed by atoms with E-state index in [0.717, 1.165) is 23.6 Å². The molecule has 12 heavy (non-hydrogen) atoms. The molecule has 0 bridgehead atoms. The SMILES string of the molecule is Cn1nc2c(c1CO)CSCC2. The molecule has 0 radical (unpaired) electrons. The third kappa shape index (κ3) is 1.15. The average Bonchev–Trinajstić information content (AvgIpc) is 2.40. The Morgan fingerprint density at radius 1 is 1.67 bits per heavy atom. The van der Waals surface area contributed by atoms with Gasteiger partial charge in [-0.1, -0.05) is 0 Å². The topological polar surface area (TPSA) is 38.0 Å². The van der Waals surface area contributed by atoms with Crippen LogP contribution in [-0.4, -0.2) is 20.6 Å². The largest absolute Gasteiger partial charge is 0.390 e. The fourth-order valence-corrected chi connectivity index (χ4v) is 2.59. The van der Waals surface area contributed by atoms with Crippen LogP contribution in [0.2, 0.25) is 0 Å². The van der Waals surface area contributed by atoms with E-state index in [1.807, 2.05) is 18.8 Å². The number of thioether (sulfide) groups is 1. The summed E-state index contributed by atoms with van der Waals surface area (Å²) in [5.74, 6) is 2.17. The summed E-state index contributed by atoms with van der Waals surface area (Å²) >= 11 is 1.92. The first-order valence-electron chi connectivity index (χ1n) is 4.05. The standard InChI is InChI=1S/C8H12N2OS/c1-10-8(4-11)6-5-12-3-2-7(6)9-10/h11H,2-5H2,1H3. The lowest BCUT2D eigenvalue weighted by Crippen LogP contribution is -2.02. The van der Waals surface area contributed by atoms with Crippen LogP contribution in [0, 0.1) is 0 Å². The van der Waals surface area contributed by atoms with Gasteiger partial charge in [0.1, 0.15) is 0 Å². The second-order valence-electron chi connectivity index (χ2n) is 2.96. The Morgan fingerprint density at radius 3 is 3.25 bits per heavy atom. The Bertz CT molecular complexity index is 295. The van der Waals surface area contributed by atoms with Crippen molar-refractivity contribution in [2.24, 2.45) is 7.05 Å². The highest BCUT2D eigenvalue weighted by Gasteiger charge is 2.18. The Morgan fingerprint density at radius 2 is 2.50 bits per heavy atom. The van der Waals surface area contributed by atoms with Crippen LogP contribution >= 0.6 is 11.8 Å². The first-order valence-corrected chi connectivity index (χ1v) is 5.20. The van der Waals surface area contributed by atoms with E-state index in [2.05, 4.69) is 5.10 Å². The van der Waals surface area contributed by atoms with Gasteiger partial charge in [0.05, 0.1) is 18.0 Å². The molecule has 0 aliphatic carbocycles.